The maximum Gasteiger partial charge on any atom is 0.411 e. The molecule has 0 spiro atoms. The molecule has 0 aliphatic rings. The van der Waals surface area contributed by atoms with Crippen molar-refractivity contribution in [3.8, 4) is 0 Å². The summed E-state index contributed by atoms with van der Waals surface area (Å²) in [7, 11) is -5.89. The lowest BCUT2D eigenvalue weighted by Crippen LogP contribution is -2.39. The number of rotatable bonds is 6. The average Bonchev–Trinajstić information content (AvgIpc) is 2.37. The molecule has 3 N–H and O–H groups in total. The van der Waals surface area contributed by atoms with Crippen molar-refractivity contribution in [2.24, 2.45) is 0 Å². The minimum Gasteiger partial charge on any atom is -0.399 e. The summed E-state index contributed by atoms with van der Waals surface area (Å²) in [5.41, 5.74) is -1.34. The Bertz CT molecular complexity index is 553. The van der Waals surface area contributed by atoms with Gasteiger partial charge in [0, 0.05) is 11.3 Å². The van der Waals surface area contributed by atoms with Crippen LogP contribution in [0.3, 0.4) is 0 Å². The second kappa shape index (κ2) is 5.94. The predicted molar refractivity (Wildman–Crippen MR) is 70.4 cm³/mol. The lowest BCUT2D eigenvalue weighted by atomic mass is 10.1. The van der Waals surface area contributed by atoms with Crippen LogP contribution in [0.2, 0.25) is 0 Å². The van der Waals surface area contributed by atoms with Gasteiger partial charge in [-0.05, 0) is 25.5 Å². The third-order valence-electron chi connectivity index (χ3n) is 2.88. The van der Waals surface area contributed by atoms with E-state index in [4.69, 9.17) is 5.73 Å². The number of halogens is 4. The number of benzene rings is 1. The molecule has 1 aromatic rings. The van der Waals surface area contributed by atoms with E-state index in [2.05, 4.69) is 4.52 Å². The van der Waals surface area contributed by atoms with Crippen molar-refractivity contribution in [3.63, 3.8) is 0 Å². The van der Waals surface area contributed by atoms with Gasteiger partial charge in [-0.3, -0.25) is 4.57 Å². The first-order valence-corrected chi connectivity index (χ1v) is 7.66. The highest BCUT2D eigenvalue weighted by Gasteiger charge is 2.70. The molecule has 2 atom stereocenters. The number of nitrogen functional groups attached to an aromatic ring is 1. The van der Waals surface area contributed by atoms with Gasteiger partial charge in [-0.15, -0.1) is 0 Å². The van der Waals surface area contributed by atoms with E-state index in [9.17, 15) is 27.0 Å². The molecule has 0 heterocycles. The molecule has 120 valence electrons. The van der Waals surface area contributed by atoms with E-state index in [-0.39, 0.29) is 12.1 Å². The van der Waals surface area contributed by atoms with Crippen molar-refractivity contribution in [1.82, 2.24) is 0 Å². The standard InChI is InChI=1S/C12H16F4NO3P/c1-3-8(2)20-21(18,19)12(15,16)11(13,14)9-5-4-6-10(17)7-9/h4-8H,3,17H2,1-2H3,(H,18,19). The lowest BCUT2D eigenvalue weighted by Gasteiger charge is -2.30. The second-order valence-corrected chi connectivity index (χ2v) is 6.40. The molecule has 1 aromatic carbocycles. The molecule has 0 radical (unpaired) electrons. The summed E-state index contributed by atoms with van der Waals surface area (Å²) < 4.78 is 71.4. The molecular formula is C12H16F4NO3P. The summed E-state index contributed by atoms with van der Waals surface area (Å²) >= 11 is 0. The maximum atomic E-state index is 13.9. The monoisotopic (exact) mass is 329 g/mol. The molecule has 0 saturated carbocycles. The van der Waals surface area contributed by atoms with Crippen LogP contribution in [0.1, 0.15) is 25.8 Å². The summed E-state index contributed by atoms with van der Waals surface area (Å²) in [4.78, 5) is 9.28. The fourth-order valence-corrected chi connectivity index (χ4v) is 2.72. The van der Waals surface area contributed by atoms with Gasteiger partial charge in [-0.25, -0.2) is 0 Å². The van der Waals surface area contributed by atoms with E-state index in [1.165, 1.54) is 19.9 Å². The molecule has 0 fully saturated rings. The minimum atomic E-state index is -5.89. The Balaban J connectivity index is 3.23. The molecule has 0 bridgehead atoms. The van der Waals surface area contributed by atoms with Gasteiger partial charge < -0.3 is 15.2 Å². The number of anilines is 1. The van der Waals surface area contributed by atoms with E-state index in [1.807, 2.05) is 0 Å². The van der Waals surface area contributed by atoms with Gasteiger partial charge in [-0.2, -0.15) is 17.6 Å². The van der Waals surface area contributed by atoms with Gasteiger partial charge in [-0.1, -0.05) is 19.1 Å². The Morgan fingerprint density at radius 2 is 1.95 bits per heavy atom. The molecular weight excluding hydrogens is 313 g/mol. The highest BCUT2D eigenvalue weighted by atomic mass is 31.2. The second-order valence-electron chi connectivity index (χ2n) is 4.59. The van der Waals surface area contributed by atoms with Crippen molar-refractivity contribution < 1.29 is 31.5 Å². The Labute approximate surface area is 119 Å². The SMILES string of the molecule is CCC(C)OP(=O)(O)C(F)(F)C(F)(F)c1cccc(N)c1. The van der Waals surface area contributed by atoms with E-state index in [0.29, 0.717) is 12.1 Å². The van der Waals surface area contributed by atoms with E-state index >= 15 is 0 Å². The van der Waals surface area contributed by atoms with E-state index in [0.717, 1.165) is 6.07 Å². The zero-order valence-electron chi connectivity index (χ0n) is 11.4. The van der Waals surface area contributed by atoms with Crippen molar-refractivity contribution >= 4 is 13.3 Å². The fraction of sp³-hybridized carbons (Fsp3) is 0.500. The number of nitrogens with two attached hydrogens (primary N) is 1. The maximum absolute atomic E-state index is 13.9. The Hall–Kier alpha value is -1.11. The Morgan fingerprint density at radius 1 is 1.38 bits per heavy atom. The van der Waals surface area contributed by atoms with Crippen LogP contribution in [0.4, 0.5) is 23.2 Å². The minimum absolute atomic E-state index is 0.116. The lowest BCUT2D eigenvalue weighted by molar-refractivity contribution is -0.177. The van der Waals surface area contributed by atoms with Gasteiger partial charge in [0.1, 0.15) is 0 Å². The van der Waals surface area contributed by atoms with Gasteiger partial charge in [0.05, 0.1) is 6.10 Å². The molecule has 2 unspecified atom stereocenters. The molecule has 21 heavy (non-hydrogen) atoms. The number of hydrogen-bond acceptors (Lipinski definition) is 3. The molecule has 0 aliphatic heterocycles. The zero-order valence-corrected chi connectivity index (χ0v) is 12.3. The molecule has 0 aliphatic carbocycles. The summed E-state index contributed by atoms with van der Waals surface area (Å²) in [6.07, 6.45) is -0.951. The topological polar surface area (TPSA) is 72.5 Å². The van der Waals surface area contributed by atoms with Gasteiger partial charge in [0.2, 0.25) is 0 Å². The summed E-state index contributed by atoms with van der Waals surface area (Å²) in [5, 5.41) is 0. The van der Waals surface area contributed by atoms with Crippen LogP contribution in [-0.4, -0.2) is 16.7 Å². The smallest absolute Gasteiger partial charge is 0.399 e. The van der Waals surface area contributed by atoms with Crippen molar-refractivity contribution in [2.45, 2.75) is 38.0 Å². The van der Waals surface area contributed by atoms with Crippen LogP contribution in [0.15, 0.2) is 24.3 Å². The van der Waals surface area contributed by atoms with Gasteiger partial charge in [0.25, 0.3) is 0 Å². The highest BCUT2D eigenvalue weighted by molar-refractivity contribution is 7.54. The summed E-state index contributed by atoms with van der Waals surface area (Å²) in [6.45, 7) is 2.73. The highest BCUT2D eigenvalue weighted by Crippen LogP contribution is 2.66. The largest absolute Gasteiger partial charge is 0.411 e. The third-order valence-corrected chi connectivity index (χ3v) is 4.52. The quantitative estimate of drug-likeness (QED) is 0.471. The molecule has 0 saturated heterocycles. The number of hydrogen-bond donors (Lipinski definition) is 2. The van der Waals surface area contributed by atoms with Crippen LogP contribution in [0.5, 0.6) is 0 Å². The van der Waals surface area contributed by atoms with E-state index in [1.54, 1.807) is 0 Å². The van der Waals surface area contributed by atoms with Gasteiger partial charge in [0.15, 0.2) is 0 Å². The van der Waals surface area contributed by atoms with Crippen molar-refractivity contribution in [2.75, 3.05) is 5.73 Å². The molecule has 4 nitrogen and oxygen atoms in total. The normalized spacial score (nSPS) is 17.3. The van der Waals surface area contributed by atoms with Crippen LogP contribution < -0.4 is 5.73 Å². The first kappa shape index (κ1) is 17.9. The Morgan fingerprint density at radius 3 is 2.43 bits per heavy atom. The first-order chi connectivity index (χ1) is 9.45. The number of alkyl halides is 4. The van der Waals surface area contributed by atoms with Crippen LogP contribution >= 0.6 is 7.60 Å². The average molecular weight is 329 g/mol. The fourth-order valence-electron chi connectivity index (χ4n) is 1.47. The van der Waals surface area contributed by atoms with Crippen LogP contribution in [0.25, 0.3) is 0 Å². The molecule has 9 heteroatoms. The summed E-state index contributed by atoms with van der Waals surface area (Å²) in [6, 6.07) is 3.60. The van der Waals surface area contributed by atoms with Gasteiger partial charge >= 0.3 is 19.2 Å². The molecule has 0 aromatic heterocycles. The Kier molecular flexibility index (Phi) is 5.08. The van der Waals surface area contributed by atoms with Crippen LogP contribution in [-0.2, 0) is 15.0 Å². The van der Waals surface area contributed by atoms with Crippen LogP contribution in [0, 0.1) is 0 Å². The van der Waals surface area contributed by atoms with E-state index < -0.39 is 30.8 Å². The molecule has 1 rings (SSSR count). The zero-order chi connectivity index (χ0) is 16.5. The van der Waals surface area contributed by atoms with Crippen molar-refractivity contribution in [3.05, 3.63) is 29.8 Å². The summed E-state index contributed by atoms with van der Waals surface area (Å²) in [5.74, 6) is -4.90. The third kappa shape index (κ3) is 3.39. The first-order valence-electron chi connectivity index (χ1n) is 6.08. The predicted octanol–water partition coefficient (Wildman–Crippen LogP) is 3.95. The molecule has 0 amide bonds. The van der Waals surface area contributed by atoms with Crippen molar-refractivity contribution in [1.29, 1.82) is 0 Å².